The van der Waals surface area contributed by atoms with Crippen molar-refractivity contribution in [1.29, 1.82) is 0 Å². The number of hydrogen-bond donors (Lipinski definition) is 1. The maximum atomic E-state index is 4.66. The Morgan fingerprint density at radius 3 is 2.80 bits per heavy atom. The number of hydrogen-bond acceptors (Lipinski definition) is 3. The highest BCUT2D eigenvalue weighted by Gasteiger charge is 2.16. The third-order valence-electron chi connectivity index (χ3n) is 3.24. The van der Waals surface area contributed by atoms with Gasteiger partial charge in [0.25, 0.3) is 0 Å². The predicted octanol–water partition coefficient (Wildman–Crippen LogP) is 3.09. The number of aromatic nitrogens is 3. The minimum atomic E-state index is 0.125. The van der Waals surface area contributed by atoms with Gasteiger partial charge < -0.3 is 5.32 Å². The van der Waals surface area contributed by atoms with E-state index in [-0.39, 0.29) is 6.04 Å². The lowest BCUT2D eigenvalue weighted by Gasteiger charge is -2.17. The van der Waals surface area contributed by atoms with E-state index in [9.17, 15) is 0 Å². The van der Waals surface area contributed by atoms with Crippen LogP contribution < -0.4 is 5.32 Å². The van der Waals surface area contributed by atoms with E-state index < -0.39 is 0 Å². The molecule has 0 bridgehead atoms. The van der Waals surface area contributed by atoms with Gasteiger partial charge in [-0.05, 0) is 38.4 Å². The van der Waals surface area contributed by atoms with Crippen molar-refractivity contribution in [2.24, 2.45) is 0 Å². The number of aryl methyl sites for hydroxylation is 2. The molecular formula is C16H24N4. The molecule has 2 aromatic heterocycles. The molecule has 2 rings (SSSR count). The molecule has 108 valence electrons. The summed E-state index contributed by atoms with van der Waals surface area (Å²) in [5, 5.41) is 8.00. The Morgan fingerprint density at radius 1 is 1.25 bits per heavy atom. The van der Waals surface area contributed by atoms with E-state index in [0.29, 0.717) is 0 Å². The first-order valence-electron chi connectivity index (χ1n) is 7.43. The molecule has 4 heteroatoms. The third kappa shape index (κ3) is 3.67. The Kier molecular flexibility index (Phi) is 5.30. The summed E-state index contributed by atoms with van der Waals surface area (Å²) in [6.07, 6.45) is 6.27. The average molecular weight is 272 g/mol. The fourth-order valence-electron chi connectivity index (χ4n) is 2.29. The smallest absolute Gasteiger partial charge is 0.0782 e. The fourth-order valence-corrected chi connectivity index (χ4v) is 2.29. The van der Waals surface area contributed by atoms with Gasteiger partial charge in [0.2, 0.25) is 0 Å². The van der Waals surface area contributed by atoms with Gasteiger partial charge in [0.1, 0.15) is 0 Å². The van der Waals surface area contributed by atoms with Crippen LogP contribution in [0.4, 0.5) is 0 Å². The van der Waals surface area contributed by atoms with Gasteiger partial charge in [0.15, 0.2) is 0 Å². The standard InChI is InChI=1S/C16H24N4/c1-4-9-17-16(15-8-6-7-13(3)19-15)14-11-18-20(12-14)10-5-2/h6-8,11-12,16-17H,4-5,9-10H2,1-3H3. The van der Waals surface area contributed by atoms with Crippen molar-refractivity contribution in [3.05, 3.63) is 47.5 Å². The summed E-state index contributed by atoms with van der Waals surface area (Å²) in [6, 6.07) is 6.30. The van der Waals surface area contributed by atoms with E-state index in [1.807, 2.05) is 23.9 Å². The van der Waals surface area contributed by atoms with Gasteiger partial charge in [-0.1, -0.05) is 19.9 Å². The molecular weight excluding hydrogens is 248 g/mol. The zero-order chi connectivity index (χ0) is 14.4. The molecule has 20 heavy (non-hydrogen) atoms. The van der Waals surface area contributed by atoms with Gasteiger partial charge in [-0.2, -0.15) is 5.10 Å². The molecule has 0 spiro atoms. The number of nitrogens with zero attached hydrogens (tertiary/aromatic N) is 3. The maximum Gasteiger partial charge on any atom is 0.0782 e. The van der Waals surface area contributed by atoms with Crippen LogP contribution in [0.5, 0.6) is 0 Å². The first-order valence-corrected chi connectivity index (χ1v) is 7.43. The van der Waals surface area contributed by atoms with Crippen LogP contribution in [-0.2, 0) is 6.54 Å². The fraction of sp³-hybridized carbons (Fsp3) is 0.500. The minimum absolute atomic E-state index is 0.125. The second-order valence-corrected chi connectivity index (χ2v) is 5.13. The summed E-state index contributed by atoms with van der Waals surface area (Å²) in [6.45, 7) is 8.30. The summed E-state index contributed by atoms with van der Waals surface area (Å²) in [5.74, 6) is 0. The van der Waals surface area contributed by atoms with E-state index in [1.165, 1.54) is 5.56 Å². The van der Waals surface area contributed by atoms with E-state index in [1.54, 1.807) is 0 Å². The maximum absolute atomic E-state index is 4.66. The molecule has 0 amide bonds. The summed E-state index contributed by atoms with van der Waals surface area (Å²) in [5.41, 5.74) is 3.30. The first kappa shape index (κ1) is 14.7. The molecule has 4 nitrogen and oxygen atoms in total. The molecule has 0 saturated heterocycles. The molecule has 0 aliphatic heterocycles. The summed E-state index contributed by atoms with van der Waals surface area (Å²) in [7, 11) is 0. The normalized spacial score (nSPS) is 12.6. The zero-order valence-electron chi connectivity index (χ0n) is 12.6. The van der Waals surface area contributed by atoms with Crippen LogP contribution in [0.25, 0.3) is 0 Å². The molecule has 0 radical (unpaired) electrons. The van der Waals surface area contributed by atoms with Crippen LogP contribution in [0.2, 0.25) is 0 Å². The Balaban J connectivity index is 2.26. The van der Waals surface area contributed by atoms with Crippen molar-refractivity contribution in [2.45, 2.75) is 46.2 Å². The highest BCUT2D eigenvalue weighted by molar-refractivity contribution is 5.25. The van der Waals surface area contributed by atoms with Gasteiger partial charge in [-0.25, -0.2) is 0 Å². The Hall–Kier alpha value is -1.68. The molecule has 0 fully saturated rings. The van der Waals surface area contributed by atoms with Crippen molar-refractivity contribution in [2.75, 3.05) is 6.54 Å². The lowest BCUT2D eigenvalue weighted by atomic mass is 10.1. The highest BCUT2D eigenvalue weighted by atomic mass is 15.3. The van der Waals surface area contributed by atoms with Crippen LogP contribution >= 0.6 is 0 Å². The van der Waals surface area contributed by atoms with Crippen LogP contribution in [-0.4, -0.2) is 21.3 Å². The third-order valence-corrected chi connectivity index (χ3v) is 3.24. The lowest BCUT2D eigenvalue weighted by molar-refractivity contribution is 0.579. The summed E-state index contributed by atoms with van der Waals surface area (Å²) < 4.78 is 2.01. The first-order chi connectivity index (χ1) is 9.74. The van der Waals surface area contributed by atoms with Crippen molar-refractivity contribution in [3.63, 3.8) is 0 Å². The van der Waals surface area contributed by atoms with E-state index >= 15 is 0 Å². The average Bonchev–Trinajstić information content (AvgIpc) is 2.88. The van der Waals surface area contributed by atoms with Gasteiger partial charge in [0, 0.05) is 24.0 Å². The highest BCUT2D eigenvalue weighted by Crippen LogP contribution is 2.20. The molecule has 1 unspecified atom stereocenters. The molecule has 0 aliphatic rings. The molecule has 1 N–H and O–H groups in total. The quantitative estimate of drug-likeness (QED) is 0.842. The monoisotopic (exact) mass is 272 g/mol. The molecule has 0 aliphatic carbocycles. The van der Waals surface area contributed by atoms with Crippen LogP contribution in [0.15, 0.2) is 30.6 Å². The summed E-state index contributed by atoms with van der Waals surface area (Å²) >= 11 is 0. The van der Waals surface area contributed by atoms with Crippen molar-refractivity contribution in [1.82, 2.24) is 20.1 Å². The van der Waals surface area contributed by atoms with Crippen molar-refractivity contribution >= 4 is 0 Å². The Morgan fingerprint density at radius 2 is 2.10 bits per heavy atom. The molecule has 0 aromatic carbocycles. The predicted molar refractivity (Wildman–Crippen MR) is 81.6 cm³/mol. The van der Waals surface area contributed by atoms with Crippen LogP contribution in [0.1, 0.15) is 49.7 Å². The van der Waals surface area contributed by atoms with E-state index in [0.717, 1.165) is 37.3 Å². The number of nitrogens with one attached hydrogen (secondary N) is 1. The van der Waals surface area contributed by atoms with Gasteiger partial charge in [0.05, 0.1) is 17.9 Å². The largest absolute Gasteiger partial charge is 0.305 e. The number of rotatable bonds is 7. The SMILES string of the molecule is CCCNC(c1cnn(CCC)c1)c1cccc(C)n1. The summed E-state index contributed by atoms with van der Waals surface area (Å²) in [4.78, 5) is 4.66. The van der Waals surface area contributed by atoms with Gasteiger partial charge >= 0.3 is 0 Å². The molecule has 2 heterocycles. The zero-order valence-corrected chi connectivity index (χ0v) is 12.6. The molecule has 2 aromatic rings. The van der Waals surface area contributed by atoms with Crippen LogP contribution in [0.3, 0.4) is 0 Å². The molecule has 1 atom stereocenters. The Labute approximate surface area is 121 Å². The lowest BCUT2D eigenvalue weighted by Crippen LogP contribution is -2.24. The van der Waals surface area contributed by atoms with E-state index in [2.05, 4.69) is 47.6 Å². The minimum Gasteiger partial charge on any atom is -0.305 e. The second kappa shape index (κ2) is 7.20. The van der Waals surface area contributed by atoms with Crippen LogP contribution in [0, 0.1) is 6.92 Å². The van der Waals surface area contributed by atoms with Gasteiger partial charge in [-0.15, -0.1) is 0 Å². The molecule has 0 saturated carbocycles. The number of pyridine rings is 1. The van der Waals surface area contributed by atoms with Gasteiger partial charge in [-0.3, -0.25) is 9.67 Å². The second-order valence-electron chi connectivity index (χ2n) is 5.13. The van der Waals surface area contributed by atoms with Crippen molar-refractivity contribution in [3.8, 4) is 0 Å². The van der Waals surface area contributed by atoms with E-state index in [4.69, 9.17) is 0 Å². The Bertz CT molecular complexity index is 533. The van der Waals surface area contributed by atoms with Crippen molar-refractivity contribution < 1.29 is 0 Å². The topological polar surface area (TPSA) is 42.7 Å².